The van der Waals surface area contributed by atoms with Crippen molar-refractivity contribution in [3.8, 4) is 22.7 Å². The fourth-order valence-corrected chi connectivity index (χ4v) is 5.40. The molecule has 0 radical (unpaired) electrons. The van der Waals surface area contributed by atoms with E-state index in [4.69, 9.17) is 9.84 Å². The number of para-hydroxylation sites is 1. The lowest BCUT2D eigenvalue weighted by atomic mass is 10.1. The van der Waals surface area contributed by atoms with Crippen molar-refractivity contribution < 1.29 is 9.66 Å². The minimum atomic E-state index is -0.523. The average molecular weight is 579 g/mol. The summed E-state index contributed by atoms with van der Waals surface area (Å²) < 4.78 is 8.20. The van der Waals surface area contributed by atoms with Gasteiger partial charge in [0.05, 0.1) is 22.3 Å². The van der Waals surface area contributed by atoms with Gasteiger partial charge in [-0.3, -0.25) is 19.7 Å². The Kier molecular flexibility index (Phi) is 6.88. The van der Waals surface area contributed by atoms with E-state index in [2.05, 4.69) is 10.1 Å². The Morgan fingerprint density at radius 2 is 1.79 bits per heavy atom. The highest BCUT2D eigenvalue weighted by Crippen LogP contribution is 2.33. The van der Waals surface area contributed by atoms with E-state index in [-0.39, 0.29) is 33.0 Å². The van der Waals surface area contributed by atoms with E-state index in [1.54, 1.807) is 23.0 Å². The molecule has 0 aliphatic rings. The Morgan fingerprint density at radius 1 is 1.02 bits per heavy atom. The highest BCUT2D eigenvalue weighted by Gasteiger charge is 2.20. The Hall–Kier alpha value is -5.49. The lowest BCUT2D eigenvalue weighted by Gasteiger charge is -2.04. The molecule has 3 heterocycles. The van der Waals surface area contributed by atoms with Crippen LogP contribution in [0.25, 0.3) is 28.0 Å². The number of nitro groups is 1. The lowest BCUT2D eigenvalue weighted by Crippen LogP contribution is -2.28. The number of aromatic nitrogens is 5. The lowest BCUT2D eigenvalue weighted by molar-refractivity contribution is -0.385. The molecule has 0 N–H and O–H groups in total. The van der Waals surface area contributed by atoms with Crippen LogP contribution in [0.1, 0.15) is 22.4 Å². The highest BCUT2D eigenvalue weighted by atomic mass is 32.1. The molecule has 0 saturated carbocycles. The maximum Gasteiger partial charge on any atom is 0.311 e. The molecule has 0 unspecified atom stereocenters. The molecule has 0 bridgehead atoms. The van der Waals surface area contributed by atoms with Crippen molar-refractivity contribution in [1.82, 2.24) is 24.4 Å². The molecule has 0 atom stereocenters. The van der Waals surface area contributed by atoms with Gasteiger partial charge < -0.3 is 4.74 Å². The van der Waals surface area contributed by atoms with Gasteiger partial charge in [0.1, 0.15) is 11.4 Å². The van der Waals surface area contributed by atoms with Crippen molar-refractivity contribution in [2.45, 2.75) is 13.3 Å². The number of benzene rings is 3. The van der Waals surface area contributed by atoms with Gasteiger partial charge in [-0.2, -0.15) is 19.7 Å². The summed E-state index contributed by atoms with van der Waals surface area (Å²) in [5, 5.41) is 20.8. The summed E-state index contributed by atoms with van der Waals surface area (Å²) in [7, 11) is 1.36. The van der Waals surface area contributed by atoms with Crippen LogP contribution < -0.4 is 20.4 Å². The third kappa shape index (κ3) is 5.06. The molecule has 0 amide bonds. The second-order valence-corrected chi connectivity index (χ2v) is 10.5. The first-order chi connectivity index (χ1) is 20.3. The third-order valence-corrected chi connectivity index (χ3v) is 7.60. The molecule has 0 spiro atoms. The SMILES string of the molecule is COc1ccc(-c2nn(-c3ccccc3)cc2C=c2sc3nc(=O)c(Cc4ccc(C)cc4)nn3c2=O)cc1[N+](=O)[O-]. The molecule has 42 heavy (non-hydrogen) atoms. The maximum atomic E-state index is 13.4. The predicted molar refractivity (Wildman–Crippen MR) is 158 cm³/mol. The zero-order chi connectivity index (χ0) is 29.4. The van der Waals surface area contributed by atoms with Gasteiger partial charge in [-0.15, -0.1) is 0 Å². The van der Waals surface area contributed by atoms with Crippen LogP contribution in [0.3, 0.4) is 0 Å². The summed E-state index contributed by atoms with van der Waals surface area (Å²) in [6.07, 6.45) is 3.61. The Morgan fingerprint density at radius 3 is 2.50 bits per heavy atom. The van der Waals surface area contributed by atoms with E-state index in [0.29, 0.717) is 16.8 Å². The predicted octanol–water partition coefficient (Wildman–Crippen LogP) is 3.73. The topological polar surface area (TPSA) is 135 Å². The van der Waals surface area contributed by atoms with Crippen LogP contribution in [-0.4, -0.2) is 36.4 Å². The van der Waals surface area contributed by atoms with Crippen molar-refractivity contribution in [3.05, 3.63) is 137 Å². The van der Waals surface area contributed by atoms with E-state index in [0.717, 1.165) is 32.7 Å². The average Bonchev–Trinajstić information content (AvgIpc) is 3.55. The standard InChI is InChI=1S/C30H22N6O5S/c1-18-8-10-19(11-9-18)14-23-28(37)31-30-35(32-23)29(38)26(42-30)16-21-17-34(22-6-4-3-5-7-22)33-27(21)20-12-13-25(41-2)24(15-20)36(39)40/h3-13,15-17H,14H2,1-2H3. The molecular formula is C30H22N6O5S. The van der Waals surface area contributed by atoms with Crippen LogP contribution in [0.15, 0.2) is 88.6 Å². The summed E-state index contributed by atoms with van der Waals surface area (Å²) in [6.45, 7) is 1.97. The maximum absolute atomic E-state index is 13.4. The van der Waals surface area contributed by atoms with Crippen molar-refractivity contribution in [3.63, 3.8) is 0 Å². The summed E-state index contributed by atoms with van der Waals surface area (Å²) in [6, 6.07) is 21.6. The molecule has 11 nitrogen and oxygen atoms in total. The zero-order valence-corrected chi connectivity index (χ0v) is 23.2. The van der Waals surface area contributed by atoms with Crippen LogP contribution in [0.2, 0.25) is 0 Å². The van der Waals surface area contributed by atoms with Gasteiger partial charge in [-0.05, 0) is 42.8 Å². The third-order valence-electron chi connectivity index (χ3n) is 6.64. The van der Waals surface area contributed by atoms with Crippen molar-refractivity contribution in [2.75, 3.05) is 7.11 Å². The molecular weight excluding hydrogens is 556 g/mol. The fraction of sp³-hybridized carbons (Fsp3) is 0.100. The second kappa shape index (κ2) is 10.8. The molecule has 208 valence electrons. The van der Waals surface area contributed by atoms with Gasteiger partial charge in [0.15, 0.2) is 5.75 Å². The smallest absolute Gasteiger partial charge is 0.311 e. The van der Waals surface area contributed by atoms with E-state index in [9.17, 15) is 19.7 Å². The molecule has 0 fully saturated rings. The van der Waals surface area contributed by atoms with Gasteiger partial charge >= 0.3 is 5.69 Å². The second-order valence-electron chi connectivity index (χ2n) is 9.49. The summed E-state index contributed by atoms with van der Waals surface area (Å²) in [5.41, 5.74) is 3.16. The fourth-order valence-electron chi connectivity index (χ4n) is 4.50. The molecule has 0 saturated heterocycles. The molecule has 6 rings (SSSR count). The number of aryl methyl sites for hydroxylation is 1. The number of hydrogen-bond acceptors (Lipinski definition) is 9. The molecule has 6 aromatic rings. The molecule has 12 heteroatoms. The first-order valence-corrected chi connectivity index (χ1v) is 13.6. The van der Waals surface area contributed by atoms with Crippen molar-refractivity contribution in [1.29, 1.82) is 0 Å². The summed E-state index contributed by atoms with van der Waals surface area (Å²) in [5.74, 6) is 0.117. The molecule has 0 aliphatic carbocycles. The normalized spacial score (nSPS) is 11.7. The van der Waals surface area contributed by atoms with Crippen molar-refractivity contribution in [2.24, 2.45) is 0 Å². The van der Waals surface area contributed by atoms with E-state index >= 15 is 0 Å². The van der Waals surface area contributed by atoms with E-state index in [1.807, 2.05) is 61.5 Å². The number of nitro benzene ring substituents is 1. The quantitative estimate of drug-likeness (QED) is 0.207. The minimum Gasteiger partial charge on any atom is -0.490 e. The van der Waals surface area contributed by atoms with Gasteiger partial charge in [0, 0.05) is 29.8 Å². The van der Waals surface area contributed by atoms with Gasteiger partial charge in [-0.1, -0.05) is 59.4 Å². The largest absolute Gasteiger partial charge is 0.490 e. The number of methoxy groups -OCH3 is 1. The number of thiazole rings is 1. The molecule has 3 aromatic carbocycles. The van der Waals surface area contributed by atoms with Gasteiger partial charge in [0.25, 0.3) is 11.1 Å². The minimum absolute atomic E-state index is 0.117. The van der Waals surface area contributed by atoms with Crippen LogP contribution in [-0.2, 0) is 6.42 Å². The van der Waals surface area contributed by atoms with Crippen LogP contribution in [0, 0.1) is 17.0 Å². The number of rotatable bonds is 7. The van der Waals surface area contributed by atoms with Crippen molar-refractivity contribution >= 4 is 28.1 Å². The first-order valence-electron chi connectivity index (χ1n) is 12.8. The van der Waals surface area contributed by atoms with Gasteiger partial charge in [-0.25, -0.2) is 4.68 Å². The van der Waals surface area contributed by atoms with E-state index in [1.165, 1.54) is 19.2 Å². The zero-order valence-electron chi connectivity index (χ0n) is 22.4. The number of fused-ring (bicyclic) bond motifs is 1. The first kappa shape index (κ1) is 26.7. The number of hydrogen-bond donors (Lipinski definition) is 0. The molecule has 0 aliphatic heterocycles. The van der Waals surface area contributed by atoms with Crippen LogP contribution >= 0.6 is 11.3 Å². The summed E-state index contributed by atoms with van der Waals surface area (Å²) in [4.78, 5) is 41.7. The van der Waals surface area contributed by atoms with Crippen LogP contribution in [0.5, 0.6) is 5.75 Å². The summed E-state index contributed by atoms with van der Waals surface area (Å²) >= 11 is 1.03. The number of nitrogens with zero attached hydrogens (tertiary/aromatic N) is 6. The highest BCUT2D eigenvalue weighted by molar-refractivity contribution is 7.15. The number of ether oxygens (including phenoxy) is 1. The van der Waals surface area contributed by atoms with Gasteiger partial charge in [0.2, 0.25) is 4.96 Å². The Bertz CT molecular complexity index is 2140. The monoisotopic (exact) mass is 578 g/mol. The Balaban J connectivity index is 1.50. The van der Waals surface area contributed by atoms with E-state index < -0.39 is 16.0 Å². The Labute approximate surface area is 241 Å². The molecule has 3 aromatic heterocycles. The van der Waals surface area contributed by atoms with Crippen LogP contribution in [0.4, 0.5) is 5.69 Å².